The molecule has 0 heterocycles. The Hall–Kier alpha value is -1.69. The first kappa shape index (κ1) is 13.4. The number of aliphatic hydroxyl groups excluding tert-OH is 1. The van der Waals surface area contributed by atoms with Gasteiger partial charge in [0.2, 0.25) is 0 Å². The van der Waals surface area contributed by atoms with E-state index in [4.69, 9.17) is 5.11 Å². The van der Waals surface area contributed by atoms with Crippen LogP contribution in [0.4, 0.5) is 14.5 Å². The molecule has 17 heavy (non-hydrogen) atoms. The van der Waals surface area contributed by atoms with Gasteiger partial charge in [-0.25, -0.2) is 8.78 Å². The van der Waals surface area contributed by atoms with E-state index in [0.29, 0.717) is 0 Å². The molecule has 2 N–H and O–H groups in total. The van der Waals surface area contributed by atoms with E-state index in [1.807, 2.05) is 0 Å². The molecule has 0 amide bonds. The highest BCUT2D eigenvalue weighted by Crippen LogP contribution is 2.19. The topological polar surface area (TPSA) is 60.8 Å². The van der Waals surface area contributed by atoms with Gasteiger partial charge in [-0.15, -0.1) is 0 Å². The summed E-state index contributed by atoms with van der Waals surface area (Å²) in [7, 11) is 1.49. The van der Waals surface area contributed by atoms with Crippen LogP contribution in [0.5, 0.6) is 0 Å². The third kappa shape index (κ3) is 3.99. The predicted molar refractivity (Wildman–Crippen MR) is 57.9 cm³/mol. The van der Waals surface area contributed by atoms with Gasteiger partial charge in [-0.2, -0.15) is 0 Å². The maximum absolute atomic E-state index is 13.3. The molecule has 6 heteroatoms. The van der Waals surface area contributed by atoms with Gasteiger partial charge in [0.15, 0.2) is 0 Å². The summed E-state index contributed by atoms with van der Waals surface area (Å²) in [4.78, 5) is 11.7. The molecule has 4 nitrogen and oxygen atoms in total. The van der Waals surface area contributed by atoms with Crippen molar-refractivity contribution in [1.82, 2.24) is 0 Å². The van der Waals surface area contributed by atoms with Crippen molar-refractivity contribution in [3.63, 3.8) is 0 Å². The van der Waals surface area contributed by atoms with Gasteiger partial charge in [-0.1, -0.05) is 0 Å². The molecule has 0 spiro atoms. The molecular formula is C11H13F2NO3. The Morgan fingerprint density at radius 1 is 1.47 bits per heavy atom. The third-order valence-electron chi connectivity index (χ3n) is 2.22. The summed E-state index contributed by atoms with van der Waals surface area (Å²) in [5.41, 5.74) is 0.107. The Morgan fingerprint density at radius 3 is 2.65 bits per heavy atom. The van der Waals surface area contributed by atoms with Gasteiger partial charge >= 0.3 is 5.97 Å². The number of aliphatic carboxylic acids is 1. The molecule has 1 aromatic rings. The average molecular weight is 245 g/mol. The number of benzene rings is 1. The summed E-state index contributed by atoms with van der Waals surface area (Å²) >= 11 is 0. The van der Waals surface area contributed by atoms with Crippen molar-refractivity contribution < 1.29 is 23.8 Å². The van der Waals surface area contributed by atoms with E-state index in [0.717, 1.165) is 12.1 Å². The van der Waals surface area contributed by atoms with Crippen LogP contribution in [0.1, 0.15) is 6.42 Å². The van der Waals surface area contributed by atoms with Gasteiger partial charge in [-0.05, 0) is 12.1 Å². The molecule has 0 aliphatic rings. The zero-order chi connectivity index (χ0) is 13.0. The van der Waals surface area contributed by atoms with Gasteiger partial charge in [0.25, 0.3) is 0 Å². The molecule has 94 valence electrons. The SMILES string of the molecule is CN(CC(O)CC(=O)O)c1ccc(F)cc1F. The highest BCUT2D eigenvalue weighted by Gasteiger charge is 2.15. The van der Waals surface area contributed by atoms with Crippen LogP contribution in [0.3, 0.4) is 0 Å². The van der Waals surface area contributed by atoms with E-state index >= 15 is 0 Å². The second-order valence-electron chi connectivity index (χ2n) is 3.73. The summed E-state index contributed by atoms with van der Waals surface area (Å²) < 4.78 is 26.0. The fraction of sp³-hybridized carbons (Fsp3) is 0.364. The number of hydrogen-bond donors (Lipinski definition) is 2. The van der Waals surface area contributed by atoms with Crippen LogP contribution in [0, 0.1) is 11.6 Å². The first-order chi connectivity index (χ1) is 7.90. The lowest BCUT2D eigenvalue weighted by Gasteiger charge is -2.22. The number of carboxylic acid groups (broad SMARTS) is 1. The van der Waals surface area contributed by atoms with Crippen molar-refractivity contribution in [2.24, 2.45) is 0 Å². The van der Waals surface area contributed by atoms with Crippen molar-refractivity contribution >= 4 is 11.7 Å². The second-order valence-corrected chi connectivity index (χ2v) is 3.73. The smallest absolute Gasteiger partial charge is 0.306 e. The maximum atomic E-state index is 13.3. The number of carboxylic acids is 1. The minimum Gasteiger partial charge on any atom is -0.481 e. The van der Waals surface area contributed by atoms with E-state index < -0.39 is 30.1 Å². The normalized spacial score (nSPS) is 12.2. The summed E-state index contributed by atoms with van der Waals surface area (Å²) in [5.74, 6) is -2.58. The number of nitrogens with zero attached hydrogens (tertiary/aromatic N) is 1. The van der Waals surface area contributed by atoms with Crippen LogP contribution < -0.4 is 4.90 Å². The number of anilines is 1. The Balaban J connectivity index is 2.69. The Labute approximate surface area is 97.1 Å². The van der Waals surface area contributed by atoms with E-state index in [9.17, 15) is 18.7 Å². The molecule has 0 radical (unpaired) electrons. The number of aliphatic hydroxyl groups is 1. The van der Waals surface area contributed by atoms with Gasteiger partial charge in [0.1, 0.15) is 11.6 Å². The average Bonchev–Trinajstić information content (AvgIpc) is 2.15. The fourth-order valence-electron chi connectivity index (χ4n) is 1.47. The zero-order valence-corrected chi connectivity index (χ0v) is 9.23. The molecule has 1 atom stereocenters. The highest BCUT2D eigenvalue weighted by molar-refractivity contribution is 5.67. The predicted octanol–water partition coefficient (Wildman–Crippen LogP) is 1.24. The van der Waals surface area contributed by atoms with Gasteiger partial charge in [0, 0.05) is 19.7 Å². The Bertz CT molecular complexity index is 412. The molecule has 0 aliphatic carbocycles. The van der Waals surface area contributed by atoms with Crippen LogP contribution in [0.2, 0.25) is 0 Å². The lowest BCUT2D eigenvalue weighted by atomic mass is 10.2. The van der Waals surface area contributed by atoms with E-state index in [1.54, 1.807) is 0 Å². The maximum Gasteiger partial charge on any atom is 0.306 e. The van der Waals surface area contributed by atoms with Crippen LogP contribution in [0.25, 0.3) is 0 Å². The second kappa shape index (κ2) is 5.58. The van der Waals surface area contributed by atoms with Crippen LogP contribution in [0.15, 0.2) is 18.2 Å². The first-order valence-electron chi connectivity index (χ1n) is 4.96. The lowest BCUT2D eigenvalue weighted by molar-refractivity contribution is -0.139. The van der Waals surface area contributed by atoms with Crippen molar-refractivity contribution in [2.45, 2.75) is 12.5 Å². The molecular weight excluding hydrogens is 232 g/mol. The van der Waals surface area contributed by atoms with Crippen molar-refractivity contribution in [1.29, 1.82) is 0 Å². The number of carbonyl (C=O) groups is 1. The summed E-state index contributed by atoms with van der Waals surface area (Å²) in [5, 5.41) is 17.8. The fourth-order valence-corrected chi connectivity index (χ4v) is 1.47. The molecule has 0 bridgehead atoms. The zero-order valence-electron chi connectivity index (χ0n) is 9.23. The number of hydrogen-bond acceptors (Lipinski definition) is 3. The first-order valence-corrected chi connectivity index (χ1v) is 4.96. The minimum absolute atomic E-state index is 0.0468. The highest BCUT2D eigenvalue weighted by atomic mass is 19.1. The summed E-state index contributed by atoms with van der Waals surface area (Å²) in [6.07, 6.45) is -1.53. The Morgan fingerprint density at radius 2 is 2.12 bits per heavy atom. The molecule has 0 fully saturated rings. The molecule has 0 aromatic heterocycles. The molecule has 1 rings (SSSR count). The van der Waals surface area contributed by atoms with E-state index in [2.05, 4.69) is 0 Å². The summed E-state index contributed by atoms with van der Waals surface area (Å²) in [6.45, 7) is -0.0468. The standard InChI is InChI=1S/C11H13F2NO3/c1-14(6-8(15)5-11(16)17)10-3-2-7(12)4-9(10)13/h2-4,8,15H,5-6H2,1H3,(H,16,17). The van der Waals surface area contributed by atoms with Crippen molar-refractivity contribution in [3.05, 3.63) is 29.8 Å². The van der Waals surface area contributed by atoms with Gasteiger partial charge < -0.3 is 15.1 Å². The quantitative estimate of drug-likeness (QED) is 0.819. The lowest BCUT2D eigenvalue weighted by Crippen LogP contribution is -2.31. The minimum atomic E-state index is -1.13. The van der Waals surface area contributed by atoms with Crippen LogP contribution in [-0.2, 0) is 4.79 Å². The summed E-state index contributed by atoms with van der Waals surface area (Å²) in [6, 6.07) is 3.06. The number of rotatable bonds is 5. The third-order valence-corrected chi connectivity index (χ3v) is 2.22. The molecule has 0 aliphatic heterocycles. The van der Waals surface area contributed by atoms with Crippen molar-refractivity contribution in [2.75, 3.05) is 18.5 Å². The molecule has 0 saturated heterocycles. The number of halogens is 2. The molecule has 0 saturated carbocycles. The van der Waals surface area contributed by atoms with Crippen molar-refractivity contribution in [3.8, 4) is 0 Å². The van der Waals surface area contributed by atoms with E-state index in [-0.39, 0.29) is 12.2 Å². The number of likely N-dealkylation sites (N-methyl/N-ethyl adjacent to an activating group) is 1. The monoisotopic (exact) mass is 245 g/mol. The van der Waals surface area contributed by atoms with Gasteiger partial charge in [-0.3, -0.25) is 4.79 Å². The van der Waals surface area contributed by atoms with Gasteiger partial charge in [0.05, 0.1) is 18.2 Å². The largest absolute Gasteiger partial charge is 0.481 e. The Kier molecular flexibility index (Phi) is 4.39. The van der Waals surface area contributed by atoms with Crippen LogP contribution >= 0.6 is 0 Å². The molecule has 1 unspecified atom stereocenters. The van der Waals surface area contributed by atoms with Crippen LogP contribution in [-0.4, -0.2) is 35.9 Å². The van der Waals surface area contributed by atoms with E-state index in [1.165, 1.54) is 18.0 Å². The molecule has 1 aromatic carbocycles.